The molecule has 0 saturated carbocycles. The van der Waals surface area contributed by atoms with Crippen LogP contribution in [0.25, 0.3) is 0 Å². The maximum Gasteiger partial charge on any atom is 0.135 e. The van der Waals surface area contributed by atoms with Crippen molar-refractivity contribution in [3.05, 3.63) is 22.2 Å². The first-order valence-corrected chi connectivity index (χ1v) is 3.30. The van der Waals surface area contributed by atoms with E-state index in [4.69, 9.17) is 34.0 Å². The molecule has 3 N–H and O–H groups in total. The SMILES string of the molecule is Cl.Nc1cc(Cl)c(O)cc1Cl. The zero-order chi connectivity index (χ0) is 7.72. The highest BCUT2D eigenvalue weighted by atomic mass is 35.5. The molecule has 11 heavy (non-hydrogen) atoms. The lowest BCUT2D eigenvalue weighted by molar-refractivity contribution is 0.476. The zero-order valence-electron chi connectivity index (χ0n) is 5.34. The molecule has 0 spiro atoms. The predicted octanol–water partition coefficient (Wildman–Crippen LogP) is 2.70. The molecule has 5 heteroatoms. The van der Waals surface area contributed by atoms with Gasteiger partial charge in [-0.3, -0.25) is 0 Å². The summed E-state index contributed by atoms with van der Waals surface area (Å²) in [4.78, 5) is 0. The van der Waals surface area contributed by atoms with Gasteiger partial charge in [0, 0.05) is 6.07 Å². The highest BCUT2D eigenvalue weighted by Crippen LogP contribution is 2.31. The highest BCUT2D eigenvalue weighted by Gasteiger charge is 2.01. The van der Waals surface area contributed by atoms with Crippen LogP contribution in [0.5, 0.6) is 5.75 Å². The van der Waals surface area contributed by atoms with E-state index in [9.17, 15) is 0 Å². The smallest absolute Gasteiger partial charge is 0.135 e. The average molecular weight is 214 g/mol. The summed E-state index contributed by atoms with van der Waals surface area (Å²) in [5.41, 5.74) is 5.73. The Bertz CT molecular complexity index is 214. The van der Waals surface area contributed by atoms with E-state index in [2.05, 4.69) is 0 Å². The molecule has 1 aromatic carbocycles. The average Bonchev–Trinajstić information content (AvgIpc) is 1.84. The molecule has 0 radical (unpaired) electrons. The van der Waals surface area contributed by atoms with Gasteiger partial charge in [-0.2, -0.15) is 0 Å². The van der Waals surface area contributed by atoms with Gasteiger partial charge in [-0.15, -0.1) is 12.4 Å². The Balaban J connectivity index is 0.000001000. The number of phenolic OH excluding ortho intramolecular Hbond substituents is 1. The lowest BCUT2D eigenvalue weighted by Crippen LogP contribution is -1.85. The van der Waals surface area contributed by atoms with Crippen molar-refractivity contribution in [2.45, 2.75) is 0 Å². The number of aromatic hydroxyl groups is 1. The van der Waals surface area contributed by atoms with Crippen LogP contribution in [0.2, 0.25) is 10.0 Å². The Morgan fingerprint density at radius 1 is 1.18 bits per heavy atom. The number of halogens is 3. The molecular formula is C6H6Cl3NO. The topological polar surface area (TPSA) is 46.2 Å². The van der Waals surface area contributed by atoms with Crippen LogP contribution in [0.15, 0.2) is 12.1 Å². The van der Waals surface area contributed by atoms with Crippen LogP contribution in [0, 0.1) is 0 Å². The molecule has 0 fully saturated rings. The number of hydrogen-bond donors (Lipinski definition) is 2. The van der Waals surface area contributed by atoms with Crippen molar-refractivity contribution in [1.29, 1.82) is 0 Å². The van der Waals surface area contributed by atoms with E-state index >= 15 is 0 Å². The van der Waals surface area contributed by atoms with Gasteiger partial charge >= 0.3 is 0 Å². The van der Waals surface area contributed by atoms with Crippen LogP contribution in [-0.2, 0) is 0 Å². The molecular weight excluding hydrogens is 208 g/mol. The lowest BCUT2D eigenvalue weighted by Gasteiger charge is -1.99. The number of hydrogen-bond acceptors (Lipinski definition) is 2. The van der Waals surface area contributed by atoms with Crippen molar-refractivity contribution >= 4 is 41.3 Å². The van der Waals surface area contributed by atoms with Crippen molar-refractivity contribution in [3.63, 3.8) is 0 Å². The van der Waals surface area contributed by atoms with E-state index < -0.39 is 0 Å². The molecule has 0 aromatic heterocycles. The van der Waals surface area contributed by atoms with Crippen molar-refractivity contribution in [2.24, 2.45) is 0 Å². The summed E-state index contributed by atoms with van der Waals surface area (Å²) in [7, 11) is 0. The number of benzene rings is 1. The van der Waals surface area contributed by atoms with Gasteiger partial charge in [-0.05, 0) is 6.07 Å². The Morgan fingerprint density at radius 2 is 1.73 bits per heavy atom. The minimum absolute atomic E-state index is 0. The molecule has 0 bridgehead atoms. The second-order valence-electron chi connectivity index (χ2n) is 1.83. The van der Waals surface area contributed by atoms with E-state index in [1.165, 1.54) is 12.1 Å². The van der Waals surface area contributed by atoms with E-state index in [-0.39, 0.29) is 23.2 Å². The zero-order valence-corrected chi connectivity index (χ0v) is 7.67. The third kappa shape index (κ3) is 2.33. The molecule has 2 nitrogen and oxygen atoms in total. The van der Waals surface area contributed by atoms with Gasteiger partial charge in [0.25, 0.3) is 0 Å². The molecule has 0 unspecified atom stereocenters. The molecule has 0 aliphatic rings. The van der Waals surface area contributed by atoms with E-state index in [1.54, 1.807) is 0 Å². The fourth-order valence-electron chi connectivity index (χ4n) is 0.552. The number of nitrogen functional groups attached to an aromatic ring is 1. The fraction of sp³-hybridized carbons (Fsp3) is 0. The van der Waals surface area contributed by atoms with Gasteiger partial charge < -0.3 is 10.8 Å². The Morgan fingerprint density at radius 3 is 2.18 bits per heavy atom. The van der Waals surface area contributed by atoms with Crippen LogP contribution in [0.1, 0.15) is 0 Å². The summed E-state index contributed by atoms with van der Waals surface area (Å²) in [6.45, 7) is 0. The molecule has 0 aliphatic heterocycles. The number of nitrogens with two attached hydrogens (primary N) is 1. The number of rotatable bonds is 0. The van der Waals surface area contributed by atoms with Gasteiger partial charge in [0.05, 0.1) is 15.7 Å². The van der Waals surface area contributed by atoms with Gasteiger partial charge in [0.2, 0.25) is 0 Å². The molecule has 62 valence electrons. The first-order chi connectivity index (χ1) is 4.61. The highest BCUT2D eigenvalue weighted by molar-refractivity contribution is 6.36. The minimum atomic E-state index is -0.0548. The summed E-state index contributed by atoms with van der Waals surface area (Å²) >= 11 is 11.0. The lowest BCUT2D eigenvalue weighted by atomic mass is 10.3. The fourth-order valence-corrected chi connectivity index (χ4v) is 0.882. The van der Waals surface area contributed by atoms with Crippen molar-refractivity contribution < 1.29 is 5.11 Å². The van der Waals surface area contributed by atoms with Crippen LogP contribution in [0.3, 0.4) is 0 Å². The van der Waals surface area contributed by atoms with Crippen molar-refractivity contribution in [3.8, 4) is 5.75 Å². The normalized spacial score (nSPS) is 8.91. The van der Waals surface area contributed by atoms with Gasteiger partial charge in [-0.1, -0.05) is 23.2 Å². The minimum Gasteiger partial charge on any atom is -0.506 e. The Hall–Kier alpha value is -0.310. The first kappa shape index (κ1) is 10.7. The van der Waals surface area contributed by atoms with Gasteiger partial charge in [-0.25, -0.2) is 0 Å². The van der Waals surface area contributed by atoms with Crippen LogP contribution >= 0.6 is 35.6 Å². The first-order valence-electron chi connectivity index (χ1n) is 2.54. The molecule has 0 aliphatic carbocycles. The summed E-state index contributed by atoms with van der Waals surface area (Å²) in [5.74, 6) is -0.0548. The third-order valence-corrected chi connectivity index (χ3v) is 1.70. The van der Waals surface area contributed by atoms with Crippen LogP contribution in [0.4, 0.5) is 5.69 Å². The van der Waals surface area contributed by atoms with E-state index in [0.29, 0.717) is 10.7 Å². The standard InChI is InChI=1S/C6H5Cl2NO.ClH/c7-3-2-6(10)4(8)1-5(3)9;/h1-2,10H,9H2;1H. The third-order valence-electron chi connectivity index (χ3n) is 1.07. The van der Waals surface area contributed by atoms with E-state index in [0.717, 1.165) is 0 Å². The monoisotopic (exact) mass is 213 g/mol. The molecule has 0 amide bonds. The number of phenols is 1. The molecule has 0 atom stereocenters. The largest absolute Gasteiger partial charge is 0.506 e. The van der Waals surface area contributed by atoms with Crippen LogP contribution in [-0.4, -0.2) is 5.11 Å². The molecule has 0 saturated heterocycles. The predicted molar refractivity (Wildman–Crippen MR) is 49.8 cm³/mol. The Labute approximate surface area is 80.3 Å². The second kappa shape index (κ2) is 3.90. The summed E-state index contributed by atoms with van der Waals surface area (Å²) in [6, 6.07) is 2.71. The number of anilines is 1. The molecule has 1 rings (SSSR count). The molecule has 1 aromatic rings. The Kier molecular flexibility index (Phi) is 3.79. The van der Waals surface area contributed by atoms with E-state index in [1.807, 2.05) is 0 Å². The van der Waals surface area contributed by atoms with Crippen molar-refractivity contribution in [1.82, 2.24) is 0 Å². The van der Waals surface area contributed by atoms with Crippen LogP contribution < -0.4 is 5.73 Å². The van der Waals surface area contributed by atoms with Gasteiger partial charge in [0.15, 0.2) is 0 Å². The van der Waals surface area contributed by atoms with Crippen molar-refractivity contribution in [2.75, 3.05) is 5.73 Å². The summed E-state index contributed by atoms with van der Waals surface area (Å²) in [5, 5.41) is 9.47. The second-order valence-corrected chi connectivity index (χ2v) is 2.64. The maximum atomic E-state index is 8.95. The van der Waals surface area contributed by atoms with Gasteiger partial charge in [0.1, 0.15) is 5.75 Å². The quantitative estimate of drug-likeness (QED) is 0.515. The maximum absolute atomic E-state index is 8.95. The molecule has 0 heterocycles. The summed E-state index contributed by atoms with van der Waals surface area (Å²) in [6.07, 6.45) is 0. The summed E-state index contributed by atoms with van der Waals surface area (Å²) < 4.78 is 0.